The number of aromatic nitrogens is 3. The molecule has 0 saturated carbocycles. The van der Waals surface area contributed by atoms with Crippen LogP contribution in [0, 0.1) is 0 Å². The largest absolute Gasteiger partial charge is 0.493 e. The van der Waals surface area contributed by atoms with Crippen LogP contribution in [-0.2, 0) is 20.2 Å². The van der Waals surface area contributed by atoms with Gasteiger partial charge in [0.1, 0.15) is 12.3 Å². The molecular weight excluding hydrogens is 292 g/mol. The summed E-state index contributed by atoms with van der Waals surface area (Å²) < 4.78 is 12.7. The molecule has 0 aliphatic heterocycles. The second kappa shape index (κ2) is 7.28. The van der Waals surface area contributed by atoms with Crippen LogP contribution in [-0.4, -0.2) is 28.6 Å². The van der Waals surface area contributed by atoms with E-state index in [1.807, 2.05) is 12.1 Å². The summed E-state index contributed by atoms with van der Waals surface area (Å²) in [6.45, 7) is 3.97. The molecule has 2 rings (SSSR count). The molecule has 114 valence electrons. The molecule has 0 spiro atoms. The van der Waals surface area contributed by atoms with Crippen molar-refractivity contribution in [3.8, 4) is 11.5 Å². The number of halogens is 1. The summed E-state index contributed by atoms with van der Waals surface area (Å²) in [5.41, 5.74) is 1.78. The summed E-state index contributed by atoms with van der Waals surface area (Å²) in [5.74, 6) is 1.13. The van der Waals surface area contributed by atoms with Gasteiger partial charge in [-0.3, -0.25) is 4.68 Å². The smallest absolute Gasteiger partial charge is 0.180 e. The quantitative estimate of drug-likeness (QED) is 0.849. The number of nitrogens with zero attached hydrogens (tertiary/aromatic N) is 3. The number of hydrogen-bond acceptors (Lipinski definition) is 5. The number of benzene rings is 1. The molecule has 0 bridgehead atoms. The molecule has 21 heavy (non-hydrogen) atoms. The molecule has 0 fully saturated rings. The van der Waals surface area contributed by atoms with Crippen molar-refractivity contribution in [3.63, 3.8) is 0 Å². The first kappa shape index (κ1) is 15.6. The normalized spacial score (nSPS) is 10.7. The highest BCUT2D eigenvalue weighted by Gasteiger charge is 2.13. The van der Waals surface area contributed by atoms with Gasteiger partial charge >= 0.3 is 0 Å². The molecule has 0 unspecified atom stereocenters. The Balaban J connectivity index is 2.14. The second-order valence-corrected chi connectivity index (χ2v) is 4.97. The van der Waals surface area contributed by atoms with E-state index in [0.29, 0.717) is 16.5 Å². The molecule has 6 nitrogen and oxygen atoms in total. The summed E-state index contributed by atoms with van der Waals surface area (Å²) >= 11 is 6.29. The van der Waals surface area contributed by atoms with Crippen molar-refractivity contribution < 1.29 is 9.47 Å². The maximum Gasteiger partial charge on any atom is 0.180 e. The molecule has 0 saturated heterocycles. The fraction of sp³-hybridized carbons (Fsp3) is 0.429. The van der Waals surface area contributed by atoms with E-state index < -0.39 is 0 Å². The lowest BCUT2D eigenvalue weighted by Crippen LogP contribution is -2.12. The molecule has 1 aromatic heterocycles. The average molecular weight is 311 g/mol. The third-order valence-corrected chi connectivity index (χ3v) is 3.16. The highest BCUT2D eigenvalue weighted by Crippen LogP contribution is 2.36. The fourth-order valence-electron chi connectivity index (χ4n) is 1.89. The van der Waals surface area contributed by atoms with Gasteiger partial charge in [0.2, 0.25) is 0 Å². The van der Waals surface area contributed by atoms with Gasteiger partial charge in [-0.1, -0.05) is 23.7 Å². The number of rotatable bonds is 7. The third-order valence-electron chi connectivity index (χ3n) is 2.88. The minimum Gasteiger partial charge on any atom is -0.493 e. The Hall–Kier alpha value is -1.79. The van der Waals surface area contributed by atoms with Crippen molar-refractivity contribution in [2.75, 3.05) is 13.7 Å². The van der Waals surface area contributed by atoms with Crippen LogP contribution in [0.4, 0.5) is 0 Å². The van der Waals surface area contributed by atoms with Crippen molar-refractivity contribution in [1.29, 1.82) is 0 Å². The van der Waals surface area contributed by atoms with Crippen molar-refractivity contribution in [2.24, 2.45) is 7.05 Å². The van der Waals surface area contributed by atoms with E-state index in [9.17, 15) is 0 Å². The average Bonchev–Trinajstić information content (AvgIpc) is 2.89. The summed E-state index contributed by atoms with van der Waals surface area (Å²) in [5, 5.41) is 11.6. The van der Waals surface area contributed by atoms with Crippen molar-refractivity contribution in [3.05, 3.63) is 34.6 Å². The zero-order chi connectivity index (χ0) is 15.2. The summed E-state index contributed by atoms with van der Waals surface area (Å²) in [6, 6.07) is 3.79. The zero-order valence-corrected chi connectivity index (χ0v) is 13.1. The Morgan fingerprint density at radius 2 is 2.19 bits per heavy atom. The van der Waals surface area contributed by atoms with Gasteiger partial charge in [0.25, 0.3) is 0 Å². The molecule has 7 heteroatoms. The van der Waals surface area contributed by atoms with E-state index in [1.54, 1.807) is 25.0 Å². The van der Waals surface area contributed by atoms with E-state index >= 15 is 0 Å². The van der Waals surface area contributed by atoms with Crippen LogP contribution in [0.1, 0.15) is 18.2 Å². The van der Waals surface area contributed by atoms with Gasteiger partial charge < -0.3 is 14.8 Å². The molecule has 0 amide bonds. The highest BCUT2D eigenvalue weighted by atomic mass is 35.5. The molecule has 0 atom stereocenters. The van der Waals surface area contributed by atoms with Crippen LogP contribution in [0.2, 0.25) is 5.02 Å². The van der Waals surface area contributed by atoms with Gasteiger partial charge in [-0.25, -0.2) is 0 Å². The maximum atomic E-state index is 6.29. The monoisotopic (exact) mass is 310 g/mol. The number of ether oxygens (including phenoxy) is 2. The molecule has 0 radical (unpaired) electrons. The molecule has 1 heterocycles. The van der Waals surface area contributed by atoms with Gasteiger partial charge in [0, 0.05) is 13.6 Å². The van der Waals surface area contributed by atoms with Crippen molar-refractivity contribution >= 4 is 11.6 Å². The molecule has 1 N–H and O–H groups in total. The maximum absolute atomic E-state index is 6.29. The Morgan fingerprint density at radius 3 is 2.81 bits per heavy atom. The van der Waals surface area contributed by atoms with Crippen LogP contribution in [0.5, 0.6) is 11.5 Å². The molecule has 0 aliphatic carbocycles. The predicted octanol–water partition coefficient (Wildman–Crippen LogP) is 2.17. The fourth-order valence-corrected chi connectivity index (χ4v) is 2.18. The van der Waals surface area contributed by atoms with Crippen molar-refractivity contribution in [2.45, 2.75) is 20.1 Å². The lowest BCUT2D eigenvalue weighted by Gasteiger charge is -2.13. The van der Waals surface area contributed by atoms with E-state index in [1.165, 1.54) is 0 Å². The first-order valence-corrected chi connectivity index (χ1v) is 7.07. The van der Waals surface area contributed by atoms with Gasteiger partial charge in [-0.2, -0.15) is 0 Å². The molecule has 0 aliphatic rings. The van der Waals surface area contributed by atoms with Gasteiger partial charge in [-0.05, 0) is 24.2 Å². The summed E-state index contributed by atoms with van der Waals surface area (Å²) in [4.78, 5) is 0. The SMILES string of the molecule is CCNCc1cc(Cl)c(OCc2cn(C)nn2)c(OC)c1. The van der Waals surface area contributed by atoms with E-state index in [4.69, 9.17) is 21.1 Å². The van der Waals surface area contributed by atoms with Crippen LogP contribution < -0.4 is 14.8 Å². The summed E-state index contributed by atoms with van der Waals surface area (Å²) in [6.07, 6.45) is 1.79. The van der Waals surface area contributed by atoms with E-state index in [0.717, 1.165) is 24.3 Å². The lowest BCUT2D eigenvalue weighted by molar-refractivity contribution is 0.280. The molecule has 1 aromatic carbocycles. The standard InChI is InChI=1S/C14H19ClN4O2/c1-4-16-7-10-5-12(15)14(13(6-10)20-3)21-9-11-8-19(2)18-17-11/h5-6,8,16H,4,7,9H2,1-3H3. The number of methoxy groups -OCH3 is 1. The molecule has 2 aromatic rings. The third kappa shape index (κ3) is 4.09. The molecular formula is C14H19ClN4O2. The Bertz CT molecular complexity index is 601. The minimum atomic E-state index is 0.288. The van der Waals surface area contributed by atoms with Gasteiger partial charge in [-0.15, -0.1) is 5.10 Å². The second-order valence-electron chi connectivity index (χ2n) is 4.56. The predicted molar refractivity (Wildman–Crippen MR) is 80.7 cm³/mol. The Morgan fingerprint density at radius 1 is 1.38 bits per heavy atom. The highest BCUT2D eigenvalue weighted by molar-refractivity contribution is 6.32. The van der Waals surface area contributed by atoms with Crippen LogP contribution in [0.25, 0.3) is 0 Å². The Labute approximate surface area is 129 Å². The van der Waals surface area contributed by atoms with E-state index in [-0.39, 0.29) is 6.61 Å². The van der Waals surface area contributed by atoms with Gasteiger partial charge in [0.05, 0.1) is 18.3 Å². The van der Waals surface area contributed by atoms with E-state index in [2.05, 4.69) is 22.6 Å². The number of aryl methyl sites for hydroxylation is 1. The first-order valence-electron chi connectivity index (χ1n) is 6.69. The van der Waals surface area contributed by atoms with Crippen LogP contribution in [0.15, 0.2) is 18.3 Å². The van der Waals surface area contributed by atoms with Crippen LogP contribution >= 0.6 is 11.6 Å². The zero-order valence-electron chi connectivity index (χ0n) is 12.4. The summed E-state index contributed by atoms with van der Waals surface area (Å²) in [7, 11) is 3.40. The minimum absolute atomic E-state index is 0.288. The van der Waals surface area contributed by atoms with Gasteiger partial charge in [0.15, 0.2) is 11.5 Å². The topological polar surface area (TPSA) is 61.2 Å². The number of nitrogens with one attached hydrogen (secondary N) is 1. The first-order chi connectivity index (χ1) is 10.1. The Kier molecular flexibility index (Phi) is 5.41. The van der Waals surface area contributed by atoms with Crippen molar-refractivity contribution in [1.82, 2.24) is 20.3 Å². The van der Waals surface area contributed by atoms with Crippen LogP contribution in [0.3, 0.4) is 0 Å². The number of hydrogen-bond donors (Lipinski definition) is 1. The lowest BCUT2D eigenvalue weighted by atomic mass is 10.2.